The molecule has 10 nitrogen and oxygen atoms in total. The molecule has 0 bridgehead atoms. The molecule has 3 aromatic rings. The van der Waals surface area contributed by atoms with Gasteiger partial charge in [-0.2, -0.15) is 0 Å². The van der Waals surface area contributed by atoms with Gasteiger partial charge < -0.3 is 24.4 Å². The number of amides is 2. The Kier molecular flexibility index (Phi) is 13.2. The second kappa shape index (κ2) is 16.6. The Balaban J connectivity index is 2.12. The predicted molar refractivity (Wildman–Crippen MR) is 176 cm³/mol. The smallest absolute Gasteiger partial charge is 0.264 e. The van der Waals surface area contributed by atoms with Gasteiger partial charge in [0.2, 0.25) is 11.8 Å². The van der Waals surface area contributed by atoms with E-state index in [-0.39, 0.29) is 35.2 Å². The van der Waals surface area contributed by atoms with Crippen molar-refractivity contribution in [3.63, 3.8) is 0 Å². The highest BCUT2D eigenvalue weighted by atomic mass is 35.5. The number of anilines is 1. The number of benzene rings is 3. The maximum atomic E-state index is 14.3. The van der Waals surface area contributed by atoms with Gasteiger partial charge in [-0.1, -0.05) is 43.1 Å². The van der Waals surface area contributed by atoms with Crippen molar-refractivity contribution in [2.24, 2.45) is 0 Å². The second-order valence-corrected chi connectivity index (χ2v) is 12.6. The summed E-state index contributed by atoms with van der Waals surface area (Å²) in [4.78, 5) is 28.8. The molecule has 244 valence electrons. The molecule has 0 aliphatic rings. The first-order chi connectivity index (χ1) is 21.5. The zero-order valence-electron chi connectivity index (χ0n) is 26.0. The Hall–Kier alpha value is -3.67. The molecule has 0 aromatic heterocycles. The topological polar surface area (TPSA) is 114 Å². The van der Waals surface area contributed by atoms with Crippen molar-refractivity contribution in [3.05, 3.63) is 76.3 Å². The third-order valence-electron chi connectivity index (χ3n) is 6.95. The first-order valence-electron chi connectivity index (χ1n) is 14.5. The molecule has 3 rings (SSSR count). The van der Waals surface area contributed by atoms with E-state index in [1.54, 1.807) is 49.4 Å². The van der Waals surface area contributed by atoms with Gasteiger partial charge in [0.1, 0.15) is 18.3 Å². The standard InChI is InChI=1S/C32H39Cl2N3O7S/c1-6-17-35-32(39)28(7-2)36(20-22-9-10-23(33)18-27(22)34)31(38)21-37(24-11-13-25(14-12-24)44-8-3)45(40,41)26-15-16-29(42-4)30(19-26)43-5/h9-16,18-19,28H,6-8,17,20-21H2,1-5H3,(H,35,39)/t28-/m1/s1. The highest BCUT2D eigenvalue weighted by Gasteiger charge is 2.34. The van der Waals surface area contributed by atoms with Crippen molar-refractivity contribution in [3.8, 4) is 17.2 Å². The van der Waals surface area contributed by atoms with E-state index >= 15 is 0 Å². The SMILES string of the molecule is CCCNC(=O)[C@@H](CC)N(Cc1ccc(Cl)cc1Cl)C(=O)CN(c1ccc(OCC)cc1)S(=O)(=O)c1ccc(OC)c(OC)c1. The van der Waals surface area contributed by atoms with Crippen LogP contribution in [-0.2, 0) is 26.2 Å². The minimum atomic E-state index is -4.35. The highest BCUT2D eigenvalue weighted by molar-refractivity contribution is 7.92. The van der Waals surface area contributed by atoms with Gasteiger partial charge in [-0.3, -0.25) is 13.9 Å². The Morgan fingerprint density at radius 2 is 1.60 bits per heavy atom. The highest BCUT2D eigenvalue weighted by Crippen LogP contribution is 2.33. The molecule has 45 heavy (non-hydrogen) atoms. The lowest BCUT2D eigenvalue weighted by molar-refractivity contribution is -0.140. The van der Waals surface area contributed by atoms with Crippen molar-refractivity contribution >= 4 is 50.7 Å². The summed E-state index contributed by atoms with van der Waals surface area (Å²) in [5.41, 5.74) is 0.765. The van der Waals surface area contributed by atoms with Crippen LogP contribution in [0.25, 0.3) is 0 Å². The molecule has 1 N–H and O–H groups in total. The maximum absolute atomic E-state index is 14.3. The molecule has 0 fully saturated rings. The van der Waals surface area contributed by atoms with E-state index in [0.717, 1.165) is 4.31 Å². The van der Waals surface area contributed by atoms with Crippen LogP contribution in [0.3, 0.4) is 0 Å². The number of halogens is 2. The summed E-state index contributed by atoms with van der Waals surface area (Å²) >= 11 is 12.6. The van der Waals surface area contributed by atoms with Gasteiger partial charge in [-0.15, -0.1) is 0 Å². The Bertz CT molecular complexity index is 1570. The molecule has 0 saturated carbocycles. The molecule has 13 heteroatoms. The first kappa shape index (κ1) is 35.8. The molecular weight excluding hydrogens is 641 g/mol. The average molecular weight is 681 g/mol. The zero-order chi connectivity index (χ0) is 33.1. The molecule has 0 radical (unpaired) electrons. The molecular formula is C32H39Cl2N3O7S. The number of methoxy groups -OCH3 is 2. The molecule has 0 saturated heterocycles. The van der Waals surface area contributed by atoms with Gasteiger partial charge in [0.25, 0.3) is 10.0 Å². The normalized spacial score (nSPS) is 11.8. The summed E-state index contributed by atoms with van der Waals surface area (Å²) in [5, 5.41) is 3.58. The number of hydrogen-bond acceptors (Lipinski definition) is 7. The molecule has 1 atom stereocenters. The monoisotopic (exact) mass is 679 g/mol. The van der Waals surface area contributed by atoms with Crippen molar-refractivity contribution in [1.29, 1.82) is 0 Å². The Labute approximate surface area is 275 Å². The first-order valence-corrected chi connectivity index (χ1v) is 16.7. The van der Waals surface area contributed by atoms with E-state index in [2.05, 4.69) is 5.32 Å². The summed E-state index contributed by atoms with van der Waals surface area (Å²) in [7, 11) is -1.51. The third-order valence-corrected chi connectivity index (χ3v) is 9.31. The number of ether oxygens (including phenoxy) is 3. The molecule has 3 aromatic carbocycles. The van der Waals surface area contributed by atoms with E-state index in [9.17, 15) is 18.0 Å². The van der Waals surface area contributed by atoms with Gasteiger partial charge in [-0.05, 0) is 73.9 Å². The van der Waals surface area contributed by atoms with E-state index in [1.807, 2.05) is 13.8 Å². The van der Waals surface area contributed by atoms with Crippen molar-refractivity contribution in [1.82, 2.24) is 10.2 Å². The fraction of sp³-hybridized carbons (Fsp3) is 0.375. The van der Waals surface area contributed by atoms with Crippen LogP contribution in [0.1, 0.15) is 39.2 Å². The second-order valence-electron chi connectivity index (χ2n) is 9.93. The molecule has 0 aliphatic heterocycles. The maximum Gasteiger partial charge on any atom is 0.264 e. The quantitative estimate of drug-likeness (QED) is 0.199. The van der Waals surface area contributed by atoms with Crippen LogP contribution in [0.4, 0.5) is 5.69 Å². The summed E-state index contributed by atoms with van der Waals surface area (Å²) in [5.74, 6) is 0.114. The van der Waals surface area contributed by atoms with E-state index in [1.165, 1.54) is 37.3 Å². The Morgan fingerprint density at radius 1 is 0.911 bits per heavy atom. The van der Waals surface area contributed by atoms with E-state index < -0.39 is 28.5 Å². The largest absolute Gasteiger partial charge is 0.494 e. The minimum Gasteiger partial charge on any atom is -0.494 e. The lowest BCUT2D eigenvalue weighted by atomic mass is 10.1. The number of rotatable bonds is 16. The fourth-order valence-corrected chi connectivity index (χ4v) is 6.53. The molecule has 0 unspecified atom stereocenters. The van der Waals surface area contributed by atoms with Gasteiger partial charge >= 0.3 is 0 Å². The number of sulfonamides is 1. The summed E-state index contributed by atoms with van der Waals surface area (Å²) in [6.45, 7) is 5.71. The summed E-state index contributed by atoms with van der Waals surface area (Å²) < 4.78 is 45.7. The minimum absolute atomic E-state index is 0.0551. The van der Waals surface area contributed by atoms with Gasteiger partial charge in [0.15, 0.2) is 11.5 Å². The molecule has 0 spiro atoms. The van der Waals surface area contributed by atoms with Crippen LogP contribution >= 0.6 is 23.2 Å². The lowest BCUT2D eigenvalue weighted by Crippen LogP contribution is -2.52. The molecule has 2 amide bonds. The fourth-order valence-electron chi connectivity index (χ4n) is 4.63. The van der Waals surface area contributed by atoms with Crippen LogP contribution in [0.2, 0.25) is 10.0 Å². The van der Waals surface area contributed by atoms with Crippen LogP contribution in [0, 0.1) is 0 Å². The van der Waals surface area contributed by atoms with Gasteiger partial charge in [0, 0.05) is 29.2 Å². The predicted octanol–water partition coefficient (Wildman–Crippen LogP) is 5.94. The summed E-state index contributed by atoms with van der Waals surface area (Å²) in [6, 6.07) is 14.5. The summed E-state index contributed by atoms with van der Waals surface area (Å²) in [6.07, 6.45) is 0.978. The van der Waals surface area contributed by atoms with Gasteiger partial charge in [0.05, 0.1) is 31.4 Å². The van der Waals surface area contributed by atoms with E-state index in [4.69, 9.17) is 37.4 Å². The molecule has 0 heterocycles. The van der Waals surface area contributed by atoms with Gasteiger partial charge in [-0.25, -0.2) is 8.42 Å². The van der Waals surface area contributed by atoms with E-state index in [0.29, 0.717) is 46.7 Å². The van der Waals surface area contributed by atoms with Crippen LogP contribution < -0.4 is 23.8 Å². The number of nitrogens with one attached hydrogen (secondary N) is 1. The zero-order valence-corrected chi connectivity index (χ0v) is 28.3. The Morgan fingerprint density at radius 3 is 2.18 bits per heavy atom. The van der Waals surface area contributed by atoms with Crippen molar-refractivity contribution < 1.29 is 32.2 Å². The lowest BCUT2D eigenvalue weighted by Gasteiger charge is -2.33. The van der Waals surface area contributed by atoms with Crippen LogP contribution in [-0.4, -0.2) is 65.1 Å². The number of hydrogen-bond donors (Lipinski definition) is 1. The number of nitrogens with zero attached hydrogens (tertiary/aromatic N) is 2. The number of carbonyl (C=O) groups excluding carboxylic acids is 2. The van der Waals surface area contributed by atoms with Crippen LogP contribution in [0.5, 0.6) is 17.2 Å². The third kappa shape index (κ3) is 8.96. The van der Waals surface area contributed by atoms with Crippen molar-refractivity contribution in [2.75, 3.05) is 38.2 Å². The number of carbonyl (C=O) groups is 2. The van der Waals surface area contributed by atoms with Crippen LogP contribution in [0.15, 0.2) is 65.6 Å². The molecule has 0 aliphatic carbocycles. The average Bonchev–Trinajstić information content (AvgIpc) is 3.03. The van der Waals surface area contributed by atoms with Crippen molar-refractivity contribution in [2.45, 2.75) is 51.1 Å².